The van der Waals surface area contributed by atoms with Crippen LogP contribution in [-0.2, 0) is 4.74 Å². The van der Waals surface area contributed by atoms with Gasteiger partial charge in [0.25, 0.3) is 0 Å². The van der Waals surface area contributed by atoms with Crippen LogP contribution in [0.4, 0.5) is 5.95 Å². The molecule has 0 spiro atoms. The van der Waals surface area contributed by atoms with Gasteiger partial charge in [0.05, 0.1) is 24.5 Å². The average Bonchev–Trinajstić information content (AvgIpc) is 2.61. The Balaban J connectivity index is 1.62. The SMILES string of the molecule is Cc1nc(N[C@H]2CC[C@@H](C)CC2)nc(OC2COC2)c1-c1ccc(O)cc1. The molecule has 6 nitrogen and oxygen atoms in total. The van der Waals surface area contributed by atoms with Gasteiger partial charge in [-0.1, -0.05) is 19.1 Å². The van der Waals surface area contributed by atoms with Gasteiger partial charge in [-0.2, -0.15) is 4.98 Å². The Morgan fingerprint density at radius 2 is 1.78 bits per heavy atom. The van der Waals surface area contributed by atoms with Crippen molar-refractivity contribution < 1.29 is 14.6 Å². The molecule has 2 aliphatic rings. The minimum atomic E-state index is 0.0264. The Morgan fingerprint density at radius 1 is 1.07 bits per heavy atom. The van der Waals surface area contributed by atoms with E-state index in [1.807, 2.05) is 19.1 Å². The van der Waals surface area contributed by atoms with Gasteiger partial charge in [-0.15, -0.1) is 0 Å². The second-order valence-corrected chi connectivity index (χ2v) is 7.74. The van der Waals surface area contributed by atoms with Crippen LogP contribution >= 0.6 is 0 Å². The lowest BCUT2D eigenvalue weighted by molar-refractivity contribution is -0.0811. The molecule has 4 rings (SSSR count). The number of aromatic nitrogens is 2. The number of nitrogens with one attached hydrogen (secondary N) is 1. The van der Waals surface area contributed by atoms with Crippen molar-refractivity contribution in [1.29, 1.82) is 0 Å². The fourth-order valence-electron chi connectivity index (χ4n) is 3.68. The highest BCUT2D eigenvalue weighted by Gasteiger charge is 2.25. The van der Waals surface area contributed by atoms with Crippen molar-refractivity contribution >= 4 is 5.95 Å². The molecule has 1 saturated carbocycles. The molecule has 0 atom stereocenters. The van der Waals surface area contributed by atoms with E-state index < -0.39 is 0 Å². The van der Waals surface area contributed by atoms with Crippen molar-refractivity contribution in [2.24, 2.45) is 5.92 Å². The van der Waals surface area contributed by atoms with Crippen molar-refractivity contribution in [2.75, 3.05) is 18.5 Å². The molecule has 2 N–H and O–H groups in total. The van der Waals surface area contributed by atoms with Gasteiger partial charge in [0.1, 0.15) is 11.9 Å². The van der Waals surface area contributed by atoms with Crippen molar-refractivity contribution in [2.45, 2.75) is 51.7 Å². The molecule has 1 aromatic heterocycles. The molecule has 1 aromatic carbocycles. The Hall–Kier alpha value is -2.34. The first-order valence-electron chi connectivity index (χ1n) is 9.77. The monoisotopic (exact) mass is 369 g/mol. The summed E-state index contributed by atoms with van der Waals surface area (Å²) in [5.74, 6) is 2.25. The average molecular weight is 369 g/mol. The molecule has 2 heterocycles. The van der Waals surface area contributed by atoms with Crippen molar-refractivity contribution in [1.82, 2.24) is 9.97 Å². The number of rotatable bonds is 5. The van der Waals surface area contributed by atoms with E-state index in [0.29, 0.717) is 31.1 Å². The Bertz CT molecular complexity index is 782. The zero-order valence-electron chi connectivity index (χ0n) is 15.9. The number of ether oxygens (including phenoxy) is 2. The number of aryl methyl sites for hydroxylation is 1. The molecule has 144 valence electrons. The fraction of sp³-hybridized carbons (Fsp3) is 0.524. The summed E-state index contributed by atoms with van der Waals surface area (Å²) in [5, 5.41) is 13.1. The molecule has 2 fully saturated rings. The number of aromatic hydroxyl groups is 1. The number of hydrogen-bond donors (Lipinski definition) is 2. The van der Waals surface area contributed by atoms with E-state index in [2.05, 4.69) is 12.2 Å². The van der Waals surface area contributed by atoms with E-state index in [0.717, 1.165) is 35.6 Å². The maximum Gasteiger partial charge on any atom is 0.226 e. The minimum Gasteiger partial charge on any atom is -0.508 e. The van der Waals surface area contributed by atoms with E-state index in [1.54, 1.807) is 12.1 Å². The molecule has 6 heteroatoms. The summed E-state index contributed by atoms with van der Waals surface area (Å²) in [6.45, 7) is 5.46. The van der Waals surface area contributed by atoms with Crippen LogP contribution in [0.25, 0.3) is 11.1 Å². The molecular formula is C21H27N3O3. The number of benzene rings is 1. The van der Waals surface area contributed by atoms with Crippen molar-refractivity contribution in [3.05, 3.63) is 30.0 Å². The minimum absolute atomic E-state index is 0.0264. The summed E-state index contributed by atoms with van der Waals surface area (Å²) in [7, 11) is 0. The summed E-state index contributed by atoms with van der Waals surface area (Å²) in [6.07, 6.45) is 4.81. The number of nitrogens with zero attached hydrogens (tertiary/aromatic N) is 2. The molecule has 0 unspecified atom stereocenters. The summed E-state index contributed by atoms with van der Waals surface area (Å²) >= 11 is 0. The molecule has 0 radical (unpaired) electrons. The maximum absolute atomic E-state index is 9.59. The zero-order chi connectivity index (χ0) is 18.8. The van der Waals surface area contributed by atoms with Crippen LogP contribution in [0.3, 0.4) is 0 Å². The summed E-state index contributed by atoms with van der Waals surface area (Å²) in [5.41, 5.74) is 2.65. The van der Waals surface area contributed by atoms with Gasteiger partial charge < -0.3 is 19.9 Å². The van der Waals surface area contributed by atoms with Crippen LogP contribution < -0.4 is 10.1 Å². The van der Waals surface area contributed by atoms with Crippen LogP contribution in [0.15, 0.2) is 24.3 Å². The summed E-state index contributed by atoms with van der Waals surface area (Å²) in [6, 6.07) is 7.47. The first kappa shape index (κ1) is 18.0. The lowest BCUT2D eigenvalue weighted by atomic mass is 9.87. The van der Waals surface area contributed by atoms with Crippen molar-refractivity contribution in [3.63, 3.8) is 0 Å². The van der Waals surface area contributed by atoms with Gasteiger partial charge in [0.2, 0.25) is 11.8 Å². The third-order valence-electron chi connectivity index (χ3n) is 5.45. The van der Waals surface area contributed by atoms with Crippen LogP contribution in [0.5, 0.6) is 11.6 Å². The van der Waals surface area contributed by atoms with E-state index in [-0.39, 0.29) is 11.9 Å². The molecule has 1 saturated heterocycles. The second-order valence-electron chi connectivity index (χ2n) is 7.74. The Labute approximate surface area is 160 Å². The predicted octanol–water partition coefficient (Wildman–Crippen LogP) is 3.93. The molecule has 27 heavy (non-hydrogen) atoms. The maximum atomic E-state index is 9.59. The van der Waals surface area contributed by atoms with Crippen LogP contribution in [0.1, 0.15) is 38.3 Å². The molecule has 2 aromatic rings. The van der Waals surface area contributed by atoms with Crippen LogP contribution in [0.2, 0.25) is 0 Å². The van der Waals surface area contributed by atoms with Crippen molar-refractivity contribution in [3.8, 4) is 22.8 Å². The van der Waals surface area contributed by atoms with E-state index in [4.69, 9.17) is 19.4 Å². The topological polar surface area (TPSA) is 76.5 Å². The van der Waals surface area contributed by atoms with Gasteiger partial charge >= 0.3 is 0 Å². The first-order chi connectivity index (χ1) is 13.1. The Kier molecular flexibility index (Phi) is 5.16. The van der Waals surface area contributed by atoms with Gasteiger partial charge in [-0.05, 0) is 56.2 Å². The van der Waals surface area contributed by atoms with Gasteiger partial charge in [-0.3, -0.25) is 0 Å². The highest BCUT2D eigenvalue weighted by molar-refractivity contribution is 5.72. The smallest absolute Gasteiger partial charge is 0.226 e. The number of phenolic OH excluding ortho intramolecular Hbond substituents is 1. The van der Waals surface area contributed by atoms with E-state index in [9.17, 15) is 5.11 Å². The lowest BCUT2D eigenvalue weighted by Gasteiger charge is -2.29. The third kappa shape index (κ3) is 4.16. The normalized spacial score (nSPS) is 22.9. The molecular weight excluding hydrogens is 342 g/mol. The highest BCUT2D eigenvalue weighted by atomic mass is 16.6. The molecule has 1 aliphatic carbocycles. The molecule has 1 aliphatic heterocycles. The van der Waals surface area contributed by atoms with E-state index >= 15 is 0 Å². The van der Waals surface area contributed by atoms with Crippen LogP contribution in [-0.4, -0.2) is 40.4 Å². The first-order valence-corrected chi connectivity index (χ1v) is 9.77. The molecule has 0 bridgehead atoms. The predicted molar refractivity (Wildman–Crippen MR) is 104 cm³/mol. The van der Waals surface area contributed by atoms with Crippen LogP contribution in [0, 0.1) is 12.8 Å². The number of hydrogen-bond acceptors (Lipinski definition) is 6. The fourth-order valence-corrected chi connectivity index (χ4v) is 3.68. The largest absolute Gasteiger partial charge is 0.508 e. The quantitative estimate of drug-likeness (QED) is 0.832. The molecule has 0 amide bonds. The summed E-state index contributed by atoms with van der Waals surface area (Å²) in [4.78, 5) is 9.41. The highest BCUT2D eigenvalue weighted by Crippen LogP contribution is 2.34. The number of anilines is 1. The van der Waals surface area contributed by atoms with E-state index in [1.165, 1.54) is 12.8 Å². The lowest BCUT2D eigenvalue weighted by Crippen LogP contribution is -2.39. The number of phenols is 1. The summed E-state index contributed by atoms with van der Waals surface area (Å²) < 4.78 is 11.4. The Morgan fingerprint density at radius 3 is 2.41 bits per heavy atom. The van der Waals surface area contributed by atoms with Gasteiger partial charge in [-0.25, -0.2) is 4.98 Å². The standard InChI is InChI=1S/C21H27N3O3/c1-13-3-7-16(8-4-13)23-21-22-14(2)19(15-5-9-17(25)10-6-15)20(24-21)27-18-11-26-12-18/h5-6,9-10,13,16,18,25H,3-4,7-8,11-12H2,1-2H3,(H,22,23,24)/t13-,16+. The second kappa shape index (κ2) is 7.72. The zero-order valence-corrected chi connectivity index (χ0v) is 15.9. The third-order valence-corrected chi connectivity index (χ3v) is 5.45. The van der Waals surface area contributed by atoms with Gasteiger partial charge in [0, 0.05) is 6.04 Å². The van der Waals surface area contributed by atoms with Gasteiger partial charge in [0.15, 0.2) is 0 Å².